The maximum absolute atomic E-state index is 12.2. The molecule has 6 rings (SSSR count). The Hall–Kier alpha value is -4.94. The second kappa shape index (κ2) is 16.6. The molecule has 0 radical (unpaired) electrons. The number of carboxylic acid groups (broad SMARTS) is 2. The molecule has 4 N–H and O–H groups in total. The summed E-state index contributed by atoms with van der Waals surface area (Å²) in [4.78, 5) is 47.3. The van der Waals surface area contributed by atoms with Crippen molar-refractivity contribution in [2.75, 3.05) is 37.2 Å². The zero-order valence-electron chi connectivity index (χ0n) is 29.4. The van der Waals surface area contributed by atoms with Crippen LogP contribution < -0.4 is 10.6 Å². The predicted molar refractivity (Wildman–Crippen MR) is 205 cm³/mol. The number of fused-ring (bicyclic) bond motifs is 6. The van der Waals surface area contributed by atoms with E-state index in [-0.39, 0.29) is 36.6 Å². The van der Waals surface area contributed by atoms with Gasteiger partial charge in [0.2, 0.25) is 0 Å². The number of hydrogen-bond donors (Lipinski definition) is 4. The Balaban J connectivity index is 0.000000201. The SMILES string of the molecule is CSC[C@@](C)(NC(=O)OCC1c2ccccc2-c2ccccc21)C(=O)O.CSC[C@](C)(NC(=O)OCC1c2ccccc2-c2ccccc21)C(=O)O. The highest BCUT2D eigenvalue weighted by Crippen LogP contribution is 2.45. The number of nitrogens with one attached hydrogen (secondary N) is 2. The Morgan fingerprint density at radius 3 is 1.08 bits per heavy atom. The molecule has 52 heavy (non-hydrogen) atoms. The summed E-state index contributed by atoms with van der Waals surface area (Å²) in [5, 5.41) is 23.7. The van der Waals surface area contributed by atoms with Crippen LogP contribution in [0, 0.1) is 0 Å². The third-order valence-electron chi connectivity index (χ3n) is 9.25. The lowest BCUT2D eigenvalue weighted by Crippen LogP contribution is -2.54. The molecule has 0 saturated carbocycles. The monoisotopic (exact) mass is 742 g/mol. The van der Waals surface area contributed by atoms with Crippen LogP contribution in [0.3, 0.4) is 0 Å². The van der Waals surface area contributed by atoms with E-state index in [9.17, 15) is 29.4 Å². The fraction of sp³-hybridized carbons (Fsp3) is 0.300. The van der Waals surface area contributed by atoms with Gasteiger partial charge in [-0.1, -0.05) is 97.1 Å². The van der Waals surface area contributed by atoms with E-state index >= 15 is 0 Å². The van der Waals surface area contributed by atoms with Crippen molar-refractivity contribution in [3.63, 3.8) is 0 Å². The highest BCUT2D eigenvalue weighted by atomic mass is 32.2. The van der Waals surface area contributed by atoms with Crippen LogP contribution in [0.1, 0.15) is 47.9 Å². The molecule has 2 atom stereocenters. The quantitative estimate of drug-likeness (QED) is 0.115. The fourth-order valence-electron chi connectivity index (χ4n) is 6.60. The Morgan fingerprint density at radius 1 is 0.558 bits per heavy atom. The summed E-state index contributed by atoms with van der Waals surface area (Å²) in [7, 11) is 0. The second-order valence-corrected chi connectivity index (χ2v) is 14.8. The van der Waals surface area contributed by atoms with Crippen LogP contribution in [0.5, 0.6) is 0 Å². The van der Waals surface area contributed by atoms with E-state index in [2.05, 4.69) is 34.9 Å². The van der Waals surface area contributed by atoms with Crippen LogP contribution in [0.2, 0.25) is 0 Å². The summed E-state index contributed by atoms with van der Waals surface area (Å²) in [5.74, 6) is -1.76. The van der Waals surface area contributed by atoms with E-state index < -0.39 is 35.2 Å². The summed E-state index contributed by atoms with van der Waals surface area (Å²) < 4.78 is 10.8. The Morgan fingerprint density at radius 2 is 0.827 bits per heavy atom. The molecule has 2 aliphatic rings. The lowest BCUT2D eigenvalue weighted by atomic mass is 9.98. The largest absolute Gasteiger partial charge is 0.479 e. The Labute approximate surface area is 311 Å². The summed E-state index contributed by atoms with van der Waals surface area (Å²) in [6.45, 7) is 3.28. The van der Waals surface area contributed by atoms with Gasteiger partial charge in [-0.3, -0.25) is 0 Å². The Kier molecular flexibility index (Phi) is 12.2. The van der Waals surface area contributed by atoms with Crippen molar-refractivity contribution in [2.45, 2.75) is 36.8 Å². The van der Waals surface area contributed by atoms with Crippen molar-refractivity contribution < 1.29 is 38.9 Å². The van der Waals surface area contributed by atoms with Crippen LogP contribution in [-0.2, 0) is 19.1 Å². The first-order valence-electron chi connectivity index (χ1n) is 16.6. The summed E-state index contributed by atoms with van der Waals surface area (Å²) in [6, 6.07) is 32.3. The number of rotatable bonds is 12. The van der Waals surface area contributed by atoms with Crippen LogP contribution in [0.25, 0.3) is 22.3 Å². The molecule has 0 bridgehead atoms. The molecule has 0 unspecified atom stereocenters. The minimum Gasteiger partial charge on any atom is -0.479 e. The highest BCUT2D eigenvalue weighted by Gasteiger charge is 2.37. The van der Waals surface area contributed by atoms with Crippen molar-refractivity contribution >= 4 is 47.6 Å². The number of benzene rings is 4. The third-order valence-corrected chi connectivity index (χ3v) is 11.0. The van der Waals surface area contributed by atoms with Crippen LogP contribution in [0.15, 0.2) is 97.1 Å². The zero-order valence-corrected chi connectivity index (χ0v) is 31.0. The number of ether oxygens (including phenoxy) is 2. The molecule has 272 valence electrons. The van der Waals surface area contributed by atoms with Gasteiger partial charge < -0.3 is 30.3 Å². The number of carbonyl (C=O) groups excluding carboxylic acids is 2. The lowest BCUT2D eigenvalue weighted by Gasteiger charge is -2.25. The number of aliphatic carboxylic acids is 2. The van der Waals surface area contributed by atoms with Gasteiger partial charge in [-0.25, -0.2) is 19.2 Å². The van der Waals surface area contributed by atoms with Gasteiger partial charge >= 0.3 is 24.1 Å². The zero-order chi connectivity index (χ0) is 37.5. The van der Waals surface area contributed by atoms with E-state index in [0.29, 0.717) is 0 Å². The first-order chi connectivity index (χ1) is 24.9. The number of alkyl carbamates (subject to hydrolysis) is 2. The molecule has 0 aliphatic heterocycles. The maximum atomic E-state index is 12.2. The van der Waals surface area contributed by atoms with Gasteiger partial charge in [-0.05, 0) is 70.9 Å². The van der Waals surface area contributed by atoms with E-state index in [1.807, 2.05) is 72.8 Å². The average Bonchev–Trinajstić information content (AvgIpc) is 3.62. The molecule has 10 nitrogen and oxygen atoms in total. The van der Waals surface area contributed by atoms with Gasteiger partial charge in [0.25, 0.3) is 0 Å². The normalized spacial score (nSPS) is 14.8. The highest BCUT2D eigenvalue weighted by molar-refractivity contribution is 7.98. The molecule has 2 amide bonds. The van der Waals surface area contributed by atoms with Crippen molar-refractivity contribution in [2.24, 2.45) is 0 Å². The summed E-state index contributed by atoms with van der Waals surface area (Å²) in [5.41, 5.74) is 6.34. The van der Waals surface area contributed by atoms with Crippen molar-refractivity contribution in [1.29, 1.82) is 0 Å². The Bertz CT molecular complexity index is 1720. The molecule has 12 heteroatoms. The molecule has 0 saturated heterocycles. The number of thioether (sulfide) groups is 2. The molecule has 4 aromatic rings. The maximum Gasteiger partial charge on any atom is 0.408 e. The number of hydrogen-bond acceptors (Lipinski definition) is 8. The van der Waals surface area contributed by atoms with Gasteiger partial charge in [0.15, 0.2) is 0 Å². The third kappa shape index (κ3) is 8.24. The van der Waals surface area contributed by atoms with Gasteiger partial charge in [0.05, 0.1) is 0 Å². The second-order valence-electron chi connectivity index (χ2n) is 13.0. The van der Waals surface area contributed by atoms with E-state index in [4.69, 9.17) is 9.47 Å². The van der Waals surface area contributed by atoms with E-state index in [1.54, 1.807) is 12.5 Å². The summed E-state index contributed by atoms with van der Waals surface area (Å²) in [6.07, 6.45) is 2.15. The minimum absolute atomic E-state index is 0.0511. The summed E-state index contributed by atoms with van der Waals surface area (Å²) >= 11 is 2.71. The number of carbonyl (C=O) groups is 4. The van der Waals surface area contributed by atoms with E-state index in [1.165, 1.54) is 37.4 Å². The lowest BCUT2D eigenvalue weighted by molar-refractivity contribution is -0.143. The van der Waals surface area contributed by atoms with Gasteiger partial charge in [0, 0.05) is 23.3 Å². The molecule has 0 fully saturated rings. The minimum atomic E-state index is -1.36. The van der Waals surface area contributed by atoms with Crippen molar-refractivity contribution in [1.82, 2.24) is 10.6 Å². The first kappa shape index (κ1) is 38.3. The smallest absolute Gasteiger partial charge is 0.408 e. The molecular weight excluding hydrogens is 701 g/mol. The molecule has 0 aromatic heterocycles. The fourth-order valence-corrected chi connectivity index (χ4v) is 8.15. The van der Waals surface area contributed by atoms with E-state index in [0.717, 1.165) is 44.5 Å². The standard InChI is InChI=1S/2C20H21NO4S/c2*1-20(12-26-2,18(22)23)21-19(24)25-11-17-15-9-5-3-7-13(15)14-8-4-6-10-16(14)17/h2*3-10,17H,11-12H2,1-2H3,(H,21,24)(H,22,23)/t2*20-/m10/s1. The number of carboxylic acids is 2. The van der Waals surface area contributed by atoms with Gasteiger partial charge in [0.1, 0.15) is 24.3 Å². The van der Waals surface area contributed by atoms with Crippen molar-refractivity contribution in [3.05, 3.63) is 119 Å². The molecule has 4 aromatic carbocycles. The molecule has 0 spiro atoms. The molecular formula is C40H42N2O8S2. The first-order valence-corrected chi connectivity index (χ1v) is 19.4. The topological polar surface area (TPSA) is 151 Å². The van der Waals surface area contributed by atoms with Gasteiger partial charge in [-0.2, -0.15) is 23.5 Å². The molecule has 0 heterocycles. The van der Waals surface area contributed by atoms with Crippen molar-refractivity contribution in [3.8, 4) is 22.3 Å². The van der Waals surface area contributed by atoms with Gasteiger partial charge in [-0.15, -0.1) is 0 Å². The van der Waals surface area contributed by atoms with Crippen LogP contribution in [-0.4, -0.2) is 82.6 Å². The van der Waals surface area contributed by atoms with Crippen LogP contribution in [0.4, 0.5) is 9.59 Å². The average molecular weight is 743 g/mol. The molecule has 2 aliphatic carbocycles. The van der Waals surface area contributed by atoms with Crippen LogP contribution >= 0.6 is 23.5 Å². The predicted octanol–water partition coefficient (Wildman–Crippen LogP) is 7.46. The number of amides is 2.